The molecule has 2 rings (SSSR count). The largest absolute Gasteiger partial charge is 0.307 e. The monoisotopic (exact) mass is 215 g/mol. The fourth-order valence-corrected chi connectivity index (χ4v) is 2.59. The van der Waals surface area contributed by atoms with E-state index in [1.807, 2.05) is 6.08 Å². The van der Waals surface area contributed by atoms with Crippen molar-refractivity contribution in [2.24, 2.45) is 0 Å². The zero-order valence-corrected chi connectivity index (χ0v) is 10.1. The van der Waals surface area contributed by atoms with Crippen molar-refractivity contribution in [3.05, 3.63) is 48.0 Å². The molecule has 0 radical (unpaired) electrons. The molecule has 1 aromatic rings. The average molecular weight is 215 g/mol. The number of benzene rings is 1. The summed E-state index contributed by atoms with van der Waals surface area (Å²) in [5, 5.41) is 3.70. The van der Waals surface area contributed by atoms with Crippen molar-refractivity contribution in [3.8, 4) is 0 Å². The van der Waals surface area contributed by atoms with Gasteiger partial charge in [-0.15, -0.1) is 6.58 Å². The van der Waals surface area contributed by atoms with Gasteiger partial charge in [-0.1, -0.05) is 30.3 Å². The van der Waals surface area contributed by atoms with Crippen LogP contribution in [0, 0.1) is 0 Å². The summed E-state index contributed by atoms with van der Waals surface area (Å²) in [4.78, 5) is 0. The summed E-state index contributed by atoms with van der Waals surface area (Å²) < 4.78 is 0. The van der Waals surface area contributed by atoms with Gasteiger partial charge in [-0.3, -0.25) is 0 Å². The molecular formula is C15H21N. The van der Waals surface area contributed by atoms with E-state index in [-0.39, 0.29) is 0 Å². The SMILES string of the molecule is C=CCC(C)NC1CCCc2ccccc21. The van der Waals surface area contributed by atoms with E-state index in [2.05, 4.69) is 43.1 Å². The summed E-state index contributed by atoms with van der Waals surface area (Å²) in [5.41, 5.74) is 3.03. The van der Waals surface area contributed by atoms with Crippen LogP contribution in [0.3, 0.4) is 0 Å². The van der Waals surface area contributed by atoms with Gasteiger partial charge in [0.25, 0.3) is 0 Å². The van der Waals surface area contributed by atoms with Crippen molar-refractivity contribution >= 4 is 0 Å². The minimum atomic E-state index is 0.522. The highest BCUT2D eigenvalue weighted by Crippen LogP contribution is 2.29. The van der Waals surface area contributed by atoms with Crippen LogP contribution in [0.25, 0.3) is 0 Å². The third-order valence-corrected chi connectivity index (χ3v) is 3.38. The summed E-state index contributed by atoms with van der Waals surface area (Å²) in [6, 6.07) is 9.90. The molecule has 0 heterocycles. The second kappa shape index (κ2) is 5.31. The molecule has 86 valence electrons. The molecule has 2 unspecified atom stereocenters. The first kappa shape index (κ1) is 11.4. The molecule has 0 saturated carbocycles. The maximum atomic E-state index is 3.80. The lowest BCUT2D eigenvalue weighted by Gasteiger charge is -2.29. The Kier molecular flexibility index (Phi) is 3.79. The van der Waals surface area contributed by atoms with Crippen molar-refractivity contribution in [1.82, 2.24) is 5.32 Å². The minimum Gasteiger partial charge on any atom is -0.307 e. The van der Waals surface area contributed by atoms with Crippen LogP contribution in [0.4, 0.5) is 0 Å². The summed E-state index contributed by atoms with van der Waals surface area (Å²) in [7, 11) is 0. The van der Waals surface area contributed by atoms with Crippen LogP contribution in [0.15, 0.2) is 36.9 Å². The van der Waals surface area contributed by atoms with Crippen LogP contribution >= 0.6 is 0 Å². The Morgan fingerprint density at radius 1 is 1.50 bits per heavy atom. The first-order valence-electron chi connectivity index (χ1n) is 6.26. The maximum absolute atomic E-state index is 3.80. The third-order valence-electron chi connectivity index (χ3n) is 3.38. The van der Waals surface area contributed by atoms with Crippen molar-refractivity contribution in [1.29, 1.82) is 0 Å². The van der Waals surface area contributed by atoms with Crippen LogP contribution in [-0.2, 0) is 6.42 Å². The second-order valence-corrected chi connectivity index (χ2v) is 4.74. The van der Waals surface area contributed by atoms with Crippen molar-refractivity contribution in [2.45, 2.75) is 44.7 Å². The predicted molar refractivity (Wildman–Crippen MR) is 69.5 cm³/mol. The minimum absolute atomic E-state index is 0.522. The average Bonchev–Trinajstić information content (AvgIpc) is 2.30. The topological polar surface area (TPSA) is 12.0 Å². The Hall–Kier alpha value is -1.08. The van der Waals surface area contributed by atoms with E-state index in [0.29, 0.717) is 12.1 Å². The zero-order chi connectivity index (χ0) is 11.4. The van der Waals surface area contributed by atoms with E-state index in [9.17, 15) is 0 Å². The summed E-state index contributed by atoms with van der Waals surface area (Å²) in [6.45, 7) is 6.03. The van der Waals surface area contributed by atoms with Crippen molar-refractivity contribution in [2.75, 3.05) is 0 Å². The highest BCUT2D eigenvalue weighted by atomic mass is 14.9. The molecular weight excluding hydrogens is 194 g/mol. The molecule has 0 fully saturated rings. The highest BCUT2D eigenvalue weighted by Gasteiger charge is 2.20. The summed E-state index contributed by atoms with van der Waals surface area (Å²) in [5.74, 6) is 0. The van der Waals surface area contributed by atoms with Crippen LogP contribution in [0.5, 0.6) is 0 Å². The van der Waals surface area contributed by atoms with Gasteiger partial charge in [-0.05, 0) is 43.7 Å². The Morgan fingerprint density at radius 3 is 3.12 bits per heavy atom. The fourth-order valence-electron chi connectivity index (χ4n) is 2.59. The number of hydrogen-bond donors (Lipinski definition) is 1. The highest BCUT2D eigenvalue weighted by molar-refractivity contribution is 5.32. The van der Waals surface area contributed by atoms with Crippen LogP contribution < -0.4 is 5.32 Å². The van der Waals surface area contributed by atoms with Crippen LogP contribution in [0.2, 0.25) is 0 Å². The molecule has 1 nitrogen and oxygen atoms in total. The molecule has 1 N–H and O–H groups in total. The van der Waals surface area contributed by atoms with Crippen LogP contribution in [-0.4, -0.2) is 6.04 Å². The summed E-state index contributed by atoms with van der Waals surface area (Å²) >= 11 is 0. The number of hydrogen-bond acceptors (Lipinski definition) is 1. The van der Waals surface area contributed by atoms with Gasteiger partial charge >= 0.3 is 0 Å². The molecule has 2 atom stereocenters. The lowest BCUT2D eigenvalue weighted by molar-refractivity contribution is 0.410. The predicted octanol–water partition coefficient (Wildman–Crippen LogP) is 3.62. The Balaban J connectivity index is 2.09. The molecule has 1 aliphatic carbocycles. The number of aryl methyl sites for hydroxylation is 1. The lowest BCUT2D eigenvalue weighted by Crippen LogP contribution is -2.32. The molecule has 1 heteroatoms. The molecule has 0 amide bonds. The van der Waals surface area contributed by atoms with E-state index in [0.717, 1.165) is 6.42 Å². The van der Waals surface area contributed by atoms with Gasteiger partial charge in [0.15, 0.2) is 0 Å². The van der Waals surface area contributed by atoms with Gasteiger partial charge in [-0.2, -0.15) is 0 Å². The van der Waals surface area contributed by atoms with Crippen molar-refractivity contribution in [3.63, 3.8) is 0 Å². The fraction of sp³-hybridized carbons (Fsp3) is 0.467. The molecule has 0 aliphatic heterocycles. The van der Waals surface area contributed by atoms with Gasteiger partial charge in [0.2, 0.25) is 0 Å². The van der Waals surface area contributed by atoms with Gasteiger partial charge in [0.1, 0.15) is 0 Å². The van der Waals surface area contributed by atoms with E-state index < -0.39 is 0 Å². The van der Waals surface area contributed by atoms with Crippen molar-refractivity contribution < 1.29 is 0 Å². The van der Waals surface area contributed by atoms with Gasteiger partial charge in [0.05, 0.1) is 0 Å². The molecule has 0 saturated heterocycles. The third kappa shape index (κ3) is 2.53. The van der Waals surface area contributed by atoms with Gasteiger partial charge in [-0.25, -0.2) is 0 Å². The first-order valence-corrected chi connectivity index (χ1v) is 6.26. The lowest BCUT2D eigenvalue weighted by atomic mass is 9.87. The molecule has 0 aromatic heterocycles. The molecule has 0 bridgehead atoms. The standard InChI is InChI=1S/C15H21N/c1-3-7-12(2)16-15-11-6-9-13-8-4-5-10-14(13)15/h3-5,8,10,12,15-16H,1,6-7,9,11H2,2H3. The molecule has 16 heavy (non-hydrogen) atoms. The molecule has 1 aliphatic rings. The van der Waals surface area contributed by atoms with E-state index in [1.54, 1.807) is 0 Å². The quantitative estimate of drug-likeness (QED) is 0.756. The van der Waals surface area contributed by atoms with E-state index >= 15 is 0 Å². The Morgan fingerprint density at radius 2 is 2.31 bits per heavy atom. The summed E-state index contributed by atoms with van der Waals surface area (Å²) in [6.07, 6.45) is 6.84. The Labute approximate surface area is 98.6 Å². The van der Waals surface area contributed by atoms with Gasteiger partial charge < -0.3 is 5.32 Å². The normalized spacial score (nSPS) is 21.2. The smallest absolute Gasteiger partial charge is 0.0325 e. The molecule has 1 aromatic carbocycles. The Bertz CT molecular complexity index is 356. The van der Waals surface area contributed by atoms with E-state index in [4.69, 9.17) is 0 Å². The van der Waals surface area contributed by atoms with Gasteiger partial charge in [0, 0.05) is 12.1 Å². The number of rotatable bonds is 4. The number of nitrogens with one attached hydrogen (secondary N) is 1. The number of fused-ring (bicyclic) bond motifs is 1. The van der Waals surface area contributed by atoms with E-state index in [1.165, 1.54) is 30.4 Å². The first-order chi connectivity index (χ1) is 7.81. The second-order valence-electron chi connectivity index (χ2n) is 4.74. The van der Waals surface area contributed by atoms with Crippen LogP contribution in [0.1, 0.15) is 43.4 Å². The molecule has 0 spiro atoms. The maximum Gasteiger partial charge on any atom is 0.0325 e. The zero-order valence-electron chi connectivity index (χ0n) is 10.1.